The van der Waals surface area contributed by atoms with Gasteiger partial charge in [0, 0.05) is 45.1 Å². The first kappa shape index (κ1) is 23.5. The summed E-state index contributed by atoms with van der Waals surface area (Å²) in [6, 6.07) is 4.04. The number of Topliss-reactive ketones (excluding diaryl/α,β-unsaturated/α-hetero) is 1. The molecule has 0 aliphatic heterocycles. The number of aliphatic hydroxyl groups excluding tert-OH is 1. The Morgan fingerprint density at radius 3 is 2.83 bits per heavy atom. The van der Waals surface area contributed by atoms with Gasteiger partial charge in [0.05, 0.1) is 0 Å². The van der Waals surface area contributed by atoms with Crippen LogP contribution in [0, 0.1) is 23.7 Å². The Bertz CT molecular complexity index is 707. The minimum absolute atomic E-state index is 0.0802. The van der Waals surface area contributed by atoms with Crippen molar-refractivity contribution in [1.82, 2.24) is 4.98 Å². The fraction of sp³-hybridized carbons (Fsp3) is 0.652. The molecule has 1 aromatic heterocycles. The molecule has 0 saturated heterocycles. The maximum absolute atomic E-state index is 13.0. The van der Waals surface area contributed by atoms with Crippen LogP contribution in [0.5, 0.6) is 0 Å². The fourth-order valence-corrected chi connectivity index (χ4v) is 3.39. The lowest BCUT2D eigenvalue weighted by atomic mass is 9.80. The Morgan fingerprint density at radius 1 is 1.38 bits per heavy atom. The third kappa shape index (κ3) is 7.20. The summed E-state index contributed by atoms with van der Waals surface area (Å²) >= 11 is 0. The molecule has 1 fully saturated rings. The van der Waals surface area contributed by atoms with Gasteiger partial charge in [-0.05, 0) is 42.4 Å². The van der Waals surface area contributed by atoms with Crippen molar-refractivity contribution in [2.75, 3.05) is 34.2 Å². The van der Waals surface area contributed by atoms with E-state index in [9.17, 15) is 9.90 Å². The maximum atomic E-state index is 13.0. The van der Waals surface area contributed by atoms with Gasteiger partial charge in [-0.3, -0.25) is 9.78 Å². The molecule has 0 radical (unpaired) electrons. The number of methoxy groups -OCH3 is 2. The first-order valence-electron chi connectivity index (χ1n) is 10.3. The second-order valence-corrected chi connectivity index (χ2v) is 7.76. The standard InChI is InChI=1S/C23H33NO5/c1-18(16-25)23(29-17-28-3,22(26)8-5-13-27-2)15-21-14-20(11-12-24-21)7-4-6-19-9-10-19/h11-12,14,18-19,25H,4,6-7,9-10,13,15-17H2,1-3H3/t18-,23+/m0/s1. The van der Waals surface area contributed by atoms with E-state index in [1.165, 1.54) is 39.0 Å². The van der Waals surface area contributed by atoms with E-state index < -0.39 is 17.3 Å². The average Bonchev–Trinajstić information content (AvgIpc) is 3.55. The molecule has 1 N–H and O–H groups in total. The lowest BCUT2D eigenvalue weighted by Crippen LogP contribution is -2.51. The van der Waals surface area contributed by atoms with E-state index in [2.05, 4.69) is 16.8 Å². The molecule has 6 nitrogen and oxygen atoms in total. The molecular formula is C23H33NO5. The summed E-state index contributed by atoms with van der Waals surface area (Å²) < 4.78 is 15.8. The number of carbonyl (C=O) groups is 1. The number of ether oxygens (including phenoxy) is 3. The number of hydrogen-bond donors (Lipinski definition) is 1. The Labute approximate surface area is 174 Å². The summed E-state index contributed by atoms with van der Waals surface area (Å²) in [7, 11) is 3.01. The largest absolute Gasteiger partial charge is 0.396 e. The van der Waals surface area contributed by atoms with Crippen LogP contribution >= 0.6 is 0 Å². The van der Waals surface area contributed by atoms with Crippen LogP contribution in [0.15, 0.2) is 18.3 Å². The van der Waals surface area contributed by atoms with Crippen molar-refractivity contribution in [2.24, 2.45) is 11.8 Å². The highest BCUT2D eigenvalue weighted by atomic mass is 16.7. The summed E-state index contributed by atoms with van der Waals surface area (Å²) in [6.07, 6.45) is 8.15. The van der Waals surface area contributed by atoms with Crippen molar-refractivity contribution in [3.05, 3.63) is 29.6 Å². The first-order chi connectivity index (χ1) is 14.1. The first-order valence-corrected chi connectivity index (χ1v) is 10.3. The highest BCUT2D eigenvalue weighted by molar-refractivity contribution is 6.02. The second kappa shape index (κ2) is 12.0. The molecule has 0 amide bonds. The Morgan fingerprint density at radius 2 is 2.17 bits per heavy atom. The lowest BCUT2D eigenvalue weighted by Gasteiger charge is -2.35. The van der Waals surface area contributed by atoms with E-state index in [-0.39, 0.29) is 26.4 Å². The predicted octanol–water partition coefficient (Wildman–Crippen LogP) is 2.56. The van der Waals surface area contributed by atoms with Gasteiger partial charge in [0.1, 0.15) is 13.4 Å². The lowest BCUT2D eigenvalue weighted by molar-refractivity contribution is -0.173. The number of ketones is 1. The summed E-state index contributed by atoms with van der Waals surface area (Å²) in [5, 5.41) is 9.83. The van der Waals surface area contributed by atoms with E-state index in [0.717, 1.165) is 24.5 Å². The zero-order valence-corrected chi connectivity index (χ0v) is 17.8. The Kier molecular flexibility index (Phi) is 9.75. The van der Waals surface area contributed by atoms with Crippen LogP contribution in [-0.2, 0) is 31.8 Å². The van der Waals surface area contributed by atoms with Gasteiger partial charge in [-0.25, -0.2) is 0 Å². The van der Waals surface area contributed by atoms with Gasteiger partial charge >= 0.3 is 0 Å². The third-order valence-electron chi connectivity index (χ3n) is 5.41. The normalized spacial score (nSPS) is 16.6. The van der Waals surface area contributed by atoms with Crippen molar-refractivity contribution >= 4 is 5.78 Å². The van der Waals surface area contributed by atoms with Gasteiger partial charge in [-0.15, -0.1) is 0 Å². The van der Waals surface area contributed by atoms with E-state index in [1.807, 2.05) is 12.1 Å². The molecule has 6 heteroatoms. The van der Waals surface area contributed by atoms with Crippen LogP contribution in [-0.4, -0.2) is 55.7 Å². The number of nitrogens with zero attached hydrogens (tertiary/aromatic N) is 1. The van der Waals surface area contributed by atoms with Gasteiger partial charge in [0.25, 0.3) is 0 Å². The van der Waals surface area contributed by atoms with Gasteiger partial charge in [-0.2, -0.15) is 0 Å². The molecule has 160 valence electrons. The zero-order chi connectivity index (χ0) is 21.1. The van der Waals surface area contributed by atoms with Crippen molar-refractivity contribution < 1.29 is 24.1 Å². The van der Waals surface area contributed by atoms with Crippen LogP contribution < -0.4 is 0 Å². The van der Waals surface area contributed by atoms with Gasteiger partial charge < -0.3 is 19.3 Å². The molecule has 2 atom stereocenters. The van der Waals surface area contributed by atoms with Crippen molar-refractivity contribution in [2.45, 2.75) is 51.0 Å². The monoisotopic (exact) mass is 403 g/mol. The molecular weight excluding hydrogens is 370 g/mol. The summed E-state index contributed by atoms with van der Waals surface area (Å²) in [5.74, 6) is 5.32. The maximum Gasteiger partial charge on any atom is 0.238 e. The molecule has 2 rings (SSSR count). The summed E-state index contributed by atoms with van der Waals surface area (Å²) in [6.45, 7) is 1.62. The van der Waals surface area contributed by atoms with Gasteiger partial charge in [-0.1, -0.05) is 32.1 Å². The van der Waals surface area contributed by atoms with Crippen LogP contribution in [0.1, 0.15) is 43.9 Å². The number of hydrogen-bond acceptors (Lipinski definition) is 6. The minimum atomic E-state index is -1.34. The van der Waals surface area contributed by atoms with Crippen molar-refractivity contribution in [3.63, 3.8) is 0 Å². The topological polar surface area (TPSA) is 77.9 Å². The van der Waals surface area contributed by atoms with Crippen molar-refractivity contribution in [3.8, 4) is 11.8 Å². The molecule has 1 aliphatic rings. The fourth-order valence-electron chi connectivity index (χ4n) is 3.39. The van der Waals surface area contributed by atoms with E-state index >= 15 is 0 Å². The third-order valence-corrected chi connectivity index (χ3v) is 5.41. The Balaban J connectivity index is 2.22. The number of rotatable bonds is 13. The van der Waals surface area contributed by atoms with Gasteiger partial charge in [0.15, 0.2) is 5.60 Å². The van der Waals surface area contributed by atoms with E-state index in [0.29, 0.717) is 0 Å². The van der Waals surface area contributed by atoms with Crippen LogP contribution in [0.4, 0.5) is 0 Å². The number of aryl methyl sites for hydroxylation is 1. The molecule has 0 spiro atoms. The number of carbonyl (C=O) groups excluding carboxylic acids is 1. The number of pyridine rings is 1. The SMILES string of the molecule is COCC#CC(=O)[C@](Cc1cc(CCCC2CC2)ccn1)(OCOC)[C@@H](C)CO. The van der Waals surface area contributed by atoms with Crippen LogP contribution in [0.2, 0.25) is 0 Å². The van der Waals surface area contributed by atoms with Crippen LogP contribution in [0.3, 0.4) is 0 Å². The molecule has 0 unspecified atom stereocenters. The molecule has 1 aliphatic carbocycles. The van der Waals surface area contributed by atoms with Crippen molar-refractivity contribution in [1.29, 1.82) is 0 Å². The summed E-state index contributed by atoms with van der Waals surface area (Å²) in [4.78, 5) is 17.5. The average molecular weight is 404 g/mol. The quantitative estimate of drug-likeness (QED) is 0.310. The smallest absolute Gasteiger partial charge is 0.238 e. The summed E-state index contributed by atoms with van der Waals surface area (Å²) in [5.41, 5.74) is 0.601. The molecule has 0 aromatic carbocycles. The van der Waals surface area contributed by atoms with Gasteiger partial charge in [0.2, 0.25) is 5.78 Å². The Hall–Kier alpha value is -1.78. The predicted molar refractivity (Wildman–Crippen MR) is 110 cm³/mol. The highest BCUT2D eigenvalue weighted by Crippen LogP contribution is 2.34. The van der Waals surface area contributed by atoms with Crippen LogP contribution in [0.25, 0.3) is 0 Å². The molecule has 1 aromatic rings. The molecule has 29 heavy (non-hydrogen) atoms. The minimum Gasteiger partial charge on any atom is -0.396 e. The van der Waals surface area contributed by atoms with E-state index in [4.69, 9.17) is 14.2 Å². The molecule has 1 saturated carbocycles. The second-order valence-electron chi connectivity index (χ2n) is 7.76. The van der Waals surface area contributed by atoms with E-state index in [1.54, 1.807) is 13.1 Å². The zero-order valence-electron chi connectivity index (χ0n) is 17.8. The number of aliphatic hydroxyl groups is 1. The molecule has 1 heterocycles. The highest BCUT2D eigenvalue weighted by Gasteiger charge is 2.44. The molecule has 0 bridgehead atoms. The number of aromatic nitrogens is 1.